The lowest BCUT2D eigenvalue weighted by Crippen LogP contribution is -2.32. The molecule has 4 rings (SSSR count). The molecule has 8 heteroatoms. The topological polar surface area (TPSA) is 103 Å². The van der Waals surface area contributed by atoms with Gasteiger partial charge in [-0.25, -0.2) is 4.98 Å². The fourth-order valence-corrected chi connectivity index (χ4v) is 3.37. The molecule has 1 aromatic carbocycles. The van der Waals surface area contributed by atoms with Crippen molar-refractivity contribution in [2.45, 2.75) is 12.5 Å². The first kappa shape index (κ1) is 19.6. The molecule has 0 spiro atoms. The van der Waals surface area contributed by atoms with Crippen LogP contribution in [0.5, 0.6) is 0 Å². The summed E-state index contributed by atoms with van der Waals surface area (Å²) in [5.41, 5.74) is 8.97. The van der Waals surface area contributed by atoms with Crippen molar-refractivity contribution in [1.29, 1.82) is 0 Å². The number of nitrogens with zero attached hydrogens (tertiary/aromatic N) is 3. The quantitative estimate of drug-likeness (QED) is 0.548. The van der Waals surface area contributed by atoms with E-state index in [4.69, 9.17) is 10.8 Å². The van der Waals surface area contributed by atoms with E-state index in [-0.39, 0.29) is 24.4 Å². The van der Waals surface area contributed by atoms with Gasteiger partial charge < -0.3 is 19.8 Å². The largest absolute Gasteiger partial charge is 0.480 e. The molecule has 1 atom stereocenters. The minimum Gasteiger partial charge on any atom is -0.480 e. The summed E-state index contributed by atoms with van der Waals surface area (Å²) in [6.07, 6.45) is 3.53. The van der Waals surface area contributed by atoms with E-state index in [1.807, 2.05) is 30.3 Å². The second-order valence-corrected chi connectivity index (χ2v) is 6.49. The van der Waals surface area contributed by atoms with Gasteiger partial charge in [0.2, 0.25) is 0 Å². The van der Waals surface area contributed by atoms with E-state index in [2.05, 4.69) is 4.98 Å². The number of imidazole rings is 1. The fraction of sp³-hybridized carbons (Fsp3) is 0.150. The first-order chi connectivity index (χ1) is 13.0. The van der Waals surface area contributed by atoms with Gasteiger partial charge in [0.05, 0.1) is 11.1 Å². The number of aryl methyl sites for hydroxylation is 1. The SMILES string of the molecule is Cl.Cn1c(=O)c(-c2ccc(CC(N)C(=O)O)n3ccnc23)cc2ccccc21. The molecule has 0 aliphatic carbocycles. The number of benzene rings is 1. The average Bonchev–Trinajstić information content (AvgIpc) is 3.15. The number of hydrogen-bond donors (Lipinski definition) is 2. The van der Waals surface area contributed by atoms with Crippen molar-refractivity contribution in [3.05, 3.63) is 70.9 Å². The maximum atomic E-state index is 12.9. The number of carboxylic acid groups (broad SMARTS) is 1. The van der Waals surface area contributed by atoms with Gasteiger partial charge in [-0.05, 0) is 29.7 Å². The molecule has 0 aliphatic heterocycles. The molecule has 0 fully saturated rings. The predicted molar refractivity (Wildman–Crippen MR) is 110 cm³/mol. The molecule has 3 N–H and O–H groups in total. The second-order valence-electron chi connectivity index (χ2n) is 6.49. The van der Waals surface area contributed by atoms with Crippen LogP contribution in [-0.2, 0) is 18.3 Å². The number of para-hydroxylation sites is 1. The summed E-state index contributed by atoms with van der Waals surface area (Å²) in [4.78, 5) is 28.4. The lowest BCUT2D eigenvalue weighted by molar-refractivity contribution is -0.138. The van der Waals surface area contributed by atoms with Crippen molar-refractivity contribution < 1.29 is 9.90 Å². The molecule has 0 radical (unpaired) electrons. The lowest BCUT2D eigenvalue weighted by Gasteiger charge is -2.13. The molecular formula is C20H19ClN4O3. The third-order valence-electron chi connectivity index (χ3n) is 4.80. The Morgan fingerprint density at radius 1 is 1.21 bits per heavy atom. The van der Waals surface area contributed by atoms with Crippen LogP contribution in [0.4, 0.5) is 0 Å². The molecular weight excluding hydrogens is 380 g/mol. The monoisotopic (exact) mass is 398 g/mol. The van der Waals surface area contributed by atoms with Gasteiger partial charge in [-0.15, -0.1) is 12.4 Å². The number of aromatic nitrogens is 3. The Kier molecular flexibility index (Phi) is 5.22. The van der Waals surface area contributed by atoms with Gasteiger partial charge in [-0.1, -0.05) is 18.2 Å². The minimum absolute atomic E-state index is 0. The van der Waals surface area contributed by atoms with E-state index in [0.29, 0.717) is 16.8 Å². The Balaban J connectivity index is 0.00000225. The molecule has 0 aliphatic rings. The standard InChI is InChI=1S/C20H18N4O3.ClH/c1-23-17-5-3-2-4-12(17)10-15(19(23)25)14-7-6-13(11-16(21)20(26)27)24-9-8-22-18(14)24;/h2-10,16H,11,21H2,1H3,(H,26,27);1H. The van der Waals surface area contributed by atoms with Crippen LogP contribution in [0.3, 0.4) is 0 Å². The van der Waals surface area contributed by atoms with Gasteiger partial charge in [0, 0.05) is 37.1 Å². The lowest BCUT2D eigenvalue weighted by atomic mass is 10.0. The van der Waals surface area contributed by atoms with Crippen molar-refractivity contribution in [2.75, 3.05) is 0 Å². The maximum Gasteiger partial charge on any atom is 0.320 e. The molecule has 3 heterocycles. The number of halogens is 1. The van der Waals surface area contributed by atoms with Gasteiger partial charge in [0.1, 0.15) is 11.7 Å². The number of hydrogen-bond acceptors (Lipinski definition) is 4. The molecule has 4 aromatic rings. The summed E-state index contributed by atoms with van der Waals surface area (Å²) < 4.78 is 3.41. The van der Waals surface area contributed by atoms with E-state index < -0.39 is 12.0 Å². The number of rotatable bonds is 4. The van der Waals surface area contributed by atoms with E-state index in [1.165, 1.54) is 0 Å². The van der Waals surface area contributed by atoms with Gasteiger partial charge in [0.25, 0.3) is 5.56 Å². The van der Waals surface area contributed by atoms with Crippen LogP contribution in [0.15, 0.2) is 59.7 Å². The summed E-state index contributed by atoms with van der Waals surface area (Å²) in [5.74, 6) is -1.06. The second kappa shape index (κ2) is 7.46. The van der Waals surface area contributed by atoms with Crippen LogP contribution < -0.4 is 11.3 Å². The Morgan fingerprint density at radius 2 is 1.96 bits per heavy atom. The van der Waals surface area contributed by atoms with Crippen LogP contribution in [0.1, 0.15) is 5.69 Å². The van der Waals surface area contributed by atoms with Crippen LogP contribution in [-0.4, -0.2) is 31.1 Å². The summed E-state index contributed by atoms with van der Waals surface area (Å²) >= 11 is 0. The smallest absolute Gasteiger partial charge is 0.320 e. The average molecular weight is 399 g/mol. The summed E-state index contributed by atoms with van der Waals surface area (Å²) in [5, 5.41) is 10.0. The number of pyridine rings is 2. The molecule has 7 nitrogen and oxygen atoms in total. The van der Waals surface area contributed by atoms with Crippen molar-refractivity contribution in [2.24, 2.45) is 12.8 Å². The van der Waals surface area contributed by atoms with Gasteiger partial charge in [-0.3, -0.25) is 9.59 Å². The van der Waals surface area contributed by atoms with Crippen LogP contribution >= 0.6 is 12.4 Å². The molecule has 0 saturated heterocycles. The van der Waals surface area contributed by atoms with E-state index in [1.54, 1.807) is 40.5 Å². The van der Waals surface area contributed by atoms with Gasteiger partial charge in [0.15, 0.2) is 0 Å². The number of nitrogens with two attached hydrogens (primary N) is 1. The van der Waals surface area contributed by atoms with Crippen molar-refractivity contribution in [1.82, 2.24) is 14.0 Å². The highest BCUT2D eigenvalue weighted by molar-refractivity contribution is 5.87. The summed E-state index contributed by atoms with van der Waals surface area (Å²) in [6, 6.07) is 12.1. The highest BCUT2D eigenvalue weighted by Crippen LogP contribution is 2.25. The molecule has 0 amide bonds. The Morgan fingerprint density at radius 3 is 2.71 bits per heavy atom. The van der Waals surface area contributed by atoms with Gasteiger partial charge >= 0.3 is 5.97 Å². The van der Waals surface area contributed by atoms with Crippen molar-refractivity contribution in [3.63, 3.8) is 0 Å². The summed E-state index contributed by atoms with van der Waals surface area (Å²) in [6.45, 7) is 0. The van der Waals surface area contributed by atoms with E-state index in [0.717, 1.165) is 16.6 Å². The zero-order chi connectivity index (χ0) is 19.1. The maximum absolute atomic E-state index is 12.9. The van der Waals surface area contributed by atoms with Crippen molar-refractivity contribution in [3.8, 4) is 11.1 Å². The first-order valence-electron chi connectivity index (χ1n) is 8.50. The number of fused-ring (bicyclic) bond motifs is 2. The molecule has 1 unspecified atom stereocenters. The van der Waals surface area contributed by atoms with E-state index >= 15 is 0 Å². The number of aliphatic carboxylic acids is 1. The van der Waals surface area contributed by atoms with Crippen LogP contribution in [0.2, 0.25) is 0 Å². The third kappa shape index (κ3) is 3.15. The Bertz CT molecular complexity index is 1250. The normalized spacial score (nSPS) is 12.1. The highest BCUT2D eigenvalue weighted by Gasteiger charge is 2.17. The van der Waals surface area contributed by atoms with Crippen LogP contribution in [0.25, 0.3) is 27.7 Å². The molecule has 144 valence electrons. The van der Waals surface area contributed by atoms with Crippen molar-refractivity contribution >= 4 is 34.9 Å². The summed E-state index contributed by atoms with van der Waals surface area (Å²) in [7, 11) is 1.75. The van der Waals surface area contributed by atoms with Gasteiger partial charge in [-0.2, -0.15) is 0 Å². The zero-order valence-corrected chi connectivity index (χ0v) is 15.9. The zero-order valence-electron chi connectivity index (χ0n) is 15.1. The third-order valence-corrected chi connectivity index (χ3v) is 4.80. The molecule has 0 bridgehead atoms. The Labute approximate surface area is 166 Å². The molecule has 3 aromatic heterocycles. The number of carbonyl (C=O) groups is 1. The fourth-order valence-electron chi connectivity index (χ4n) is 3.37. The highest BCUT2D eigenvalue weighted by atomic mass is 35.5. The molecule has 28 heavy (non-hydrogen) atoms. The van der Waals surface area contributed by atoms with E-state index in [9.17, 15) is 9.59 Å². The van der Waals surface area contributed by atoms with Crippen LogP contribution in [0, 0.1) is 0 Å². The first-order valence-corrected chi connectivity index (χ1v) is 8.50. The Hall–Kier alpha value is -3.16. The minimum atomic E-state index is -1.06. The molecule has 0 saturated carbocycles. The predicted octanol–water partition coefficient (Wildman–Crippen LogP) is 2.23. The number of carboxylic acids is 1.